The number of piperidine rings is 1. The summed E-state index contributed by atoms with van der Waals surface area (Å²) >= 11 is 1.67. The summed E-state index contributed by atoms with van der Waals surface area (Å²) in [5.74, 6) is -0.0235. The van der Waals surface area contributed by atoms with E-state index in [1.807, 2.05) is 6.92 Å². The smallest absolute Gasteiger partial charge is 0.312 e. The maximum absolute atomic E-state index is 12.9. The van der Waals surface area contributed by atoms with Gasteiger partial charge in [-0.15, -0.1) is 11.3 Å². The molecule has 4 rings (SSSR count). The number of aromatic nitrogens is 2. The molecule has 2 aromatic rings. The van der Waals surface area contributed by atoms with E-state index in [0.717, 1.165) is 69.0 Å². The number of hydrogen-bond acceptors (Lipinski definition) is 6. The van der Waals surface area contributed by atoms with E-state index < -0.39 is 5.41 Å². The van der Waals surface area contributed by atoms with Crippen LogP contribution in [-0.4, -0.2) is 52.7 Å². The molecule has 28 heavy (non-hydrogen) atoms. The molecule has 2 saturated heterocycles. The first-order valence-corrected chi connectivity index (χ1v) is 11.4. The SMILES string of the molecule is CCOC(=O)C1(CC2CCCCO2)CCN(Cc2c(C)nc3sccn23)CC1. The number of carbonyl (C=O) groups is 1. The van der Waals surface area contributed by atoms with Crippen LogP contribution in [0.5, 0.6) is 0 Å². The normalized spacial score (nSPS) is 23.1. The molecule has 6 nitrogen and oxygen atoms in total. The molecule has 0 aromatic carbocycles. The lowest BCUT2D eigenvalue weighted by Crippen LogP contribution is -2.47. The number of imidazole rings is 1. The molecule has 0 aliphatic carbocycles. The molecule has 7 heteroatoms. The van der Waals surface area contributed by atoms with Crippen molar-refractivity contribution in [1.82, 2.24) is 14.3 Å². The summed E-state index contributed by atoms with van der Waals surface area (Å²) in [5.41, 5.74) is 1.97. The molecule has 0 saturated carbocycles. The van der Waals surface area contributed by atoms with E-state index in [0.29, 0.717) is 6.61 Å². The second-order valence-corrected chi connectivity index (χ2v) is 9.04. The molecule has 4 heterocycles. The summed E-state index contributed by atoms with van der Waals surface area (Å²) in [6.45, 7) is 7.94. The van der Waals surface area contributed by atoms with Crippen molar-refractivity contribution in [3.63, 3.8) is 0 Å². The average molecular weight is 406 g/mol. The van der Waals surface area contributed by atoms with E-state index in [9.17, 15) is 4.79 Å². The van der Waals surface area contributed by atoms with Crippen molar-refractivity contribution in [3.8, 4) is 0 Å². The van der Waals surface area contributed by atoms with E-state index in [1.165, 1.54) is 12.1 Å². The van der Waals surface area contributed by atoms with Gasteiger partial charge in [-0.2, -0.15) is 0 Å². The van der Waals surface area contributed by atoms with Gasteiger partial charge in [0.2, 0.25) is 0 Å². The molecule has 0 N–H and O–H groups in total. The van der Waals surface area contributed by atoms with Crippen molar-refractivity contribution >= 4 is 22.3 Å². The molecule has 2 aromatic heterocycles. The average Bonchev–Trinajstić information content (AvgIpc) is 3.26. The van der Waals surface area contributed by atoms with Gasteiger partial charge in [0.1, 0.15) is 0 Å². The van der Waals surface area contributed by atoms with Crippen molar-refractivity contribution in [2.24, 2.45) is 5.41 Å². The molecule has 1 atom stereocenters. The molecule has 2 aliphatic heterocycles. The number of hydrogen-bond donors (Lipinski definition) is 0. The van der Waals surface area contributed by atoms with Crippen molar-refractivity contribution in [1.29, 1.82) is 0 Å². The Hall–Kier alpha value is -1.44. The van der Waals surface area contributed by atoms with Gasteiger partial charge in [-0.05, 0) is 65.5 Å². The van der Waals surface area contributed by atoms with Crippen LogP contribution >= 0.6 is 11.3 Å². The largest absolute Gasteiger partial charge is 0.466 e. The van der Waals surface area contributed by atoms with Crippen molar-refractivity contribution < 1.29 is 14.3 Å². The van der Waals surface area contributed by atoms with Crippen molar-refractivity contribution in [2.45, 2.75) is 65.0 Å². The predicted molar refractivity (Wildman–Crippen MR) is 110 cm³/mol. The van der Waals surface area contributed by atoms with Gasteiger partial charge in [-0.3, -0.25) is 14.1 Å². The summed E-state index contributed by atoms with van der Waals surface area (Å²) in [7, 11) is 0. The van der Waals surface area contributed by atoms with Gasteiger partial charge in [0, 0.05) is 24.7 Å². The fourth-order valence-electron chi connectivity index (χ4n) is 4.66. The highest BCUT2D eigenvalue weighted by molar-refractivity contribution is 7.15. The molecule has 0 bridgehead atoms. The molecule has 2 aliphatic rings. The summed E-state index contributed by atoms with van der Waals surface area (Å²) in [6, 6.07) is 0. The zero-order valence-corrected chi connectivity index (χ0v) is 17.8. The fourth-order valence-corrected chi connectivity index (χ4v) is 5.44. The predicted octanol–water partition coefficient (Wildman–Crippen LogP) is 3.81. The highest BCUT2D eigenvalue weighted by Gasteiger charge is 2.44. The third kappa shape index (κ3) is 3.98. The number of carbonyl (C=O) groups excluding carboxylic acids is 1. The number of aryl methyl sites for hydroxylation is 1. The van der Waals surface area contributed by atoms with E-state index in [1.54, 1.807) is 11.3 Å². The van der Waals surface area contributed by atoms with E-state index in [4.69, 9.17) is 9.47 Å². The van der Waals surface area contributed by atoms with Crippen LogP contribution in [0, 0.1) is 12.3 Å². The first-order chi connectivity index (χ1) is 13.6. The maximum atomic E-state index is 12.9. The van der Waals surface area contributed by atoms with Gasteiger partial charge in [0.15, 0.2) is 4.96 Å². The Kier molecular flexibility index (Phi) is 6.04. The summed E-state index contributed by atoms with van der Waals surface area (Å²) in [5, 5.41) is 2.08. The minimum atomic E-state index is -0.390. The molecule has 2 fully saturated rings. The number of ether oxygens (including phenoxy) is 2. The van der Waals surface area contributed by atoms with Crippen LogP contribution in [0.15, 0.2) is 11.6 Å². The topological polar surface area (TPSA) is 56.1 Å². The van der Waals surface area contributed by atoms with Gasteiger partial charge < -0.3 is 9.47 Å². The van der Waals surface area contributed by atoms with Gasteiger partial charge >= 0.3 is 5.97 Å². The van der Waals surface area contributed by atoms with Crippen LogP contribution in [0.3, 0.4) is 0 Å². The summed E-state index contributed by atoms with van der Waals surface area (Å²) < 4.78 is 13.7. The third-order valence-electron chi connectivity index (χ3n) is 6.35. The zero-order valence-electron chi connectivity index (χ0n) is 17.0. The first kappa shape index (κ1) is 19.9. The molecular weight excluding hydrogens is 374 g/mol. The van der Waals surface area contributed by atoms with E-state index in [2.05, 4.69) is 32.8 Å². The number of thiazole rings is 1. The fraction of sp³-hybridized carbons (Fsp3) is 0.714. The number of esters is 1. The van der Waals surface area contributed by atoms with Crippen molar-refractivity contribution in [2.75, 3.05) is 26.3 Å². The summed E-state index contributed by atoms with van der Waals surface area (Å²) in [6.07, 6.45) is 8.20. The maximum Gasteiger partial charge on any atom is 0.312 e. The minimum Gasteiger partial charge on any atom is -0.466 e. The first-order valence-electron chi connectivity index (χ1n) is 10.5. The van der Waals surface area contributed by atoms with Crippen LogP contribution in [0.4, 0.5) is 0 Å². The van der Waals surface area contributed by atoms with Gasteiger partial charge in [0.05, 0.1) is 29.5 Å². The Morgan fingerprint density at radius 1 is 1.39 bits per heavy atom. The molecule has 0 spiro atoms. The Morgan fingerprint density at radius 3 is 2.93 bits per heavy atom. The lowest BCUT2D eigenvalue weighted by atomic mass is 9.73. The number of likely N-dealkylation sites (tertiary alicyclic amines) is 1. The van der Waals surface area contributed by atoms with E-state index >= 15 is 0 Å². The number of rotatable bonds is 6. The molecular formula is C21H31N3O3S. The van der Waals surface area contributed by atoms with E-state index in [-0.39, 0.29) is 12.1 Å². The number of fused-ring (bicyclic) bond motifs is 1. The molecule has 0 amide bonds. The van der Waals surface area contributed by atoms with Gasteiger partial charge in [-0.25, -0.2) is 4.98 Å². The van der Waals surface area contributed by atoms with Gasteiger partial charge in [-0.1, -0.05) is 0 Å². The Labute approximate surface area is 170 Å². The Bertz CT molecular complexity index is 801. The van der Waals surface area contributed by atoms with Gasteiger partial charge in [0.25, 0.3) is 0 Å². The highest BCUT2D eigenvalue weighted by Crippen LogP contribution is 2.40. The van der Waals surface area contributed by atoms with Crippen LogP contribution in [-0.2, 0) is 20.8 Å². The number of nitrogens with zero attached hydrogens (tertiary/aromatic N) is 3. The van der Waals surface area contributed by atoms with Crippen LogP contribution in [0.25, 0.3) is 4.96 Å². The Balaban J connectivity index is 1.44. The zero-order chi connectivity index (χ0) is 19.6. The summed E-state index contributed by atoms with van der Waals surface area (Å²) in [4.78, 5) is 21.1. The van der Waals surface area contributed by atoms with Crippen LogP contribution in [0.1, 0.15) is 56.8 Å². The molecule has 0 radical (unpaired) electrons. The lowest BCUT2D eigenvalue weighted by molar-refractivity contribution is -0.162. The second-order valence-electron chi connectivity index (χ2n) is 8.17. The quantitative estimate of drug-likeness (QED) is 0.684. The van der Waals surface area contributed by atoms with Crippen molar-refractivity contribution in [3.05, 3.63) is 23.0 Å². The molecule has 154 valence electrons. The monoisotopic (exact) mass is 405 g/mol. The van der Waals surface area contributed by atoms with Crippen LogP contribution in [0.2, 0.25) is 0 Å². The highest BCUT2D eigenvalue weighted by atomic mass is 32.1. The van der Waals surface area contributed by atoms with Crippen LogP contribution < -0.4 is 0 Å². The third-order valence-corrected chi connectivity index (χ3v) is 7.11. The molecule has 1 unspecified atom stereocenters. The Morgan fingerprint density at radius 2 is 2.21 bits per heavy atom. The standard InChI is InChI=1S/C21H31N3O3S/c1-3-26-19(25)21(14-17-6-4-5-12-27-17)7-9-23(10-8-21)15-18-16(2)22-20-24(18)11-13-28-20/h11,13,17H,3-10,12,14-15H2,1-2H3. The second kappa shape index (κ2) is 8.51. The lowest BCUT2D eigenvalue weighted by Gasteiger charge is -2.42. The minimum absolute atomic E-state index is 0.0235.